The topological polar surface area (TPSA) is 95.9 Å². The molecule has 3 saturated heterocycles. The number of hydrogen-bond donors (Lipinski definition) is 3. The Morgan fingerprint density at radius 1 is 1.15 bits per heavy atom. The number of carbonyl (C=O) groups excluding carboxylic acids is 2. The SMILES string of the molecule is CC1=C(C)[C@H]2[C@H](C)NC(=O)[C@@]23C(=O)C[C@@H]2[C@@H]4O[C@@](C)(CC[C@H]4O)[C@@H]2[C@H]3[C@@H]1O. The van der Waals surface area contributed by atoms with Crippen LogP contribution in [0.2, 0.25) is 0 Å². The van der Waals surface area contributed by atoms with Crippen molar-refractivity contribution in [3.8, 4) is 0 Å². The van der Waals surface area contributed by atoms with Crippen LogP contribution in [0.15, 0.2) is 11.1 Å². The van der Waals surface area contributed by atoms with Crippen LogP contribution in [0.4, 0.5) is 0 Å². The maximum atomic E-state index is 13.6. The van der Waals surface area contributed by atoms with Gasteiger partial charge in [-0.1, -0.05) is 5.57 Å². The van der Waals surface area contributed by atoms with E-state index in [1.54, 1.807) is 0 Å². The Bertz CT molecular complexity index is 777. The molecule has 6 nitrogen and oxygen atoms in total. The van der Waals surface area contributed by atoms with Crippen molar-refractivity contribution in [2.45, 2.75) is 76.9 Å². The number of fused-ring (bicyclic) bond motifs is 6. The Morgan fingerprint density at radius 2 is 1.85 bits per heavy atom. The highest BCUT2D eigenvalue weighted by Gasteiger charge is 2.75. The molecule has 0 aromatic carbocycles. The van der Waals surface area contributed by atoms with E-state index in [2.05, 4.69) is 5.32 Å². The van der Waals surface area contributed by atoms with E-state index < -0.39 is 29.1 Å². The van der Waals surface area contributed by atoms with E-state index >= 15 is 0 Å². The summed E-state index contributed by atoms with van der Waals surface area (Å²) in [5, 5.41) is 24.8. The second-order valence-corrected chi connectivity index (χ2v) is 9.76. The van der Waals surface area contributed by atoms with Gasteiger partial charge in [0.2, 0.25) is 5.91 Å². The van der Waals surface area contributed by atoms with Gasteiger partial charge in [-0.05, 0) is 46.1 Å². The van der Waals surface area contributed by atoms with Gasteiger partial charge in [-0.15, -0.1) is 0 Å². The third-order valence-corrected chi connectivity index (χ3v) is 8.70. The summed E-state index contributed by atoms with van der Waals surface area (Å²) >= 11 is 0. The van der Waals surface area contributed by atoms with Crippen LogP contribution < -0.4 is 5.32 Å². The first-order valence-electron chi connectivity index (χ1n) is 10.2. The highest BCUT2D eigenvalue weighted by Crippen LogP contribution is 2.66. The number of nitrogens with one attached hydrogen (secondary N) is 1. The van der Waals surface area contributed by atoms with Crippen molar-refractivity contribution in [3.63, 3.8) is 0 Å². The van der Waals surface area contributed by atoms with Gasteiger partial charge in [-0.3, -0.25) is 9.59 Å². The fourth-order valence-electron chi connectivity index (χ4n) is 7.58. The number of amides is 1. The van der Waals surface area contributed by atoms with Crippen molar-refractivity contribution in [2.75, 3.05) is 0 Å². The van der Waals surface area contributed by atoms with Crippen LogP contribution in [0, 0.1) is 29.1 Å². The minimum atomic E-state index is -1.21. The molecule has 1 spiro atoms. The summed E-state index contributed by atoms with van der Waals surface area (Å²) in [6.45, 7) is 7.87. The van der Waals surface area contributed by atoms with E-state index in [0.717, 1.165) is 11.1 Å². The Morgan fingerprint density at radius 3 is 2.56 bits per heavy atom. The van der Waals surface area contributed by atoms with Crippen molar-refractivity contribution in [1.82, 2.24) is 5.32 Å². The van der Waals surface area contributed by atoms with Gasteiger partial charge in [0, 0.05) is 36.1 Å². The summed E-state index contributed by atoms with van der Waals surface area (Å²) in [5.41, 5.74) is 0.112. The number of carbonyl (C=O) groups is 2. The van der Waals surface area contributed by atoms with Crippen LogP contribution in [0.5, 0.6) is 0 Å². The van der Waals surface area contributed by atoms with Gasteiger partial charge < -0.3 is 20.3 Å². The fourth-order valence-corrected chi connectivity index (χ4v) is 7.58. The first-order chi connectivity index (χ1) is 12.6. The Hall–Kier alpha value is -1.24. The fraction of sp³-hybridized carbons (Fsp3) is 0.810. The van der Waals surface area contributed by atoms with E-state index in [1.165, 1.54) is 0 Å². The maximum absolute atomic E-state index is 13.6. The normalized spacial score (nSPS) is 56.5. The Labute approximate surface area is 159 Å². The number of Topliss-reactive ketones (excluding diaryl/α,β-unsaturated/α-hetero) is 1. The molecular weight excluding hydrogens is 346 g/mol. The molecule has 2 aliphatic carbocycles. The summed E-state index contributed by atoms with van der Waals surface area (Å²) in [6, 6.07) is -0.136. The molecular formula is C21H29NO5. The summed E-state index contributed by atoms with van der Waals surface area (Å²) < 4.78 is 6.30. The smallest absolute Gasteiger partial charge is 0.235 e. The lowest BCUT2D eigenvalue weighted by Gasteiger charge is -2.55. The molecule has 2 bridgehead atoms. The molecule has 1 saturated carbocycles. The van der Waals surface area contributed by atoms with Gasteiger partial charge in [0.1, 0.15) is 11.2 Å². The monoisotopic (exact) mass is 375 g/mol. The first kappa shape index (κ1) is 17.8. The van der Waals surface area contributed by atoms with Crippen molar-refractivity contribution in [2.24, 2.45) is 29.1 Å². The van der Waals surface area contributed by atoms with Crippen molar-refractivity contribution < 1.29 is 24.5 Å². The summed E-state index contributed by atoms with van der Waals surface area (Å²) in [4.78, 5) is 26.9. The van der Waals surface area contributed by atoms with Crippen molar-refractivity contribution >= 4 is 11.7 Å². The zero-order valence-electron chi connectivity index (χ0n) is 16.4. The largest absolute Gasteiger partial charge is 0.390 e. The number of hydrogen-bond acceptors (Lipinski definition) is 5. The summed E-state index contributed by atoms with van der Waals surface area (Å²) in [6.07, 6.45) is -0.239. The van der Waals surface area contributed by atoms with Gasteiger partial charge in [-0.2, -0.15) is 0 Å². The number of aliphatic hydroxyl groups excluding tert-OH is 2. The molecule has 10 atom stereocenters. The summed E-state index contributed by atoms with van der Waals surface area (Å²) in [7, 11) is 0. The average Bonchev–Trinajstić information content (AvgIpc) is 3.01. The van der Waals surface area contributed by atoms with E-state index in [4.69, 9.17) is 4.74 Å². The molecule has 27 heavy (non-hydrogen) atoms. The molecule has 6 heteroatoms. The number of ketones is 1. The number of rotatable bonds is 0. The molecule has 0 unspecified atom stereocenters. The predicted molar refractivity (Wildman–Crippen MR) is 96.5 cm³/mol. The molecule has 148 valence electrons. The lowest BCUT2D eigenvalue weighted by Crippen LogP contribution is -2.64. The van der Waals surface area contributed by atoms with E-state index in [9.17, 15) is 19.8 Å². The van der Waals surface area contributed by atoms with Gasteiger partial charge in [0.15, 0.2) is 0 Å². The van der Waals surface area contributed by atoms with Crippen LogP contribution in [0.3, 0.4) is 0 Å². The minimum Gasteiger partial charge on any atom is -0.390 e. The van der Waals surface area contributed by atoms with E-state index in [0.29, 0.717) is 12.8 Å². The molecule has 5 rings (SSSR count). The highest BCUT2D eigenvalue weighted by molar-refractivity contribution is 6.10. The van der Waals surface area contributed by atoms with Crippen LogP contribution in [-0.4, -0.2) is 51.9 Å². The molecule has 1 amide bonds. The van der Waals surface area contributed by atoms with Crippen molar-refractivity contribution in [1.29, 1.82) is 0 Å². The zero-order chi connectivity index (χ0) is 19.5. The van der Waals surface area contributed by atoms with Crippen LogP contribution in [0.25, 0.3) is 0 Å². The van der Waals surface area contributed by atoms with Gasteiger partial charge in [0.05, 0.1) is 23.9 Å². The number of aliphatic hydroxyl groups is 2. The molecule has 3 N–H and O–H groups in total. The minimum absolute atomic E-state index is 0.0848. The zero-order valence-corrected chi connectivity index (χ0v) is 16.4. The quantitative estimate of drug-likeness (QED) is 0.433. The second kappa shape index (κ2) is 5.22. The molecule has 3 aliphatic heterocycles. The van der Waals surface area contributed by atoms with Gasteiger partial charge in [-0.25, -0.2) is 0 Å². The third-order valence-electron chi connectivity index (χ3n) is 8.70. The predicted octanol–water partition coefficient (Wildman–Crippen LogP) is 0.952. The van der Waals surface area contributed by atoms with Crippen molar-refractivity contribution in [3.05, 3.63) is 11.1 Å². The third kappa shape index (κ3) is 1.83. The summed E-state index contributed by atoms with van der Waals surface area (Å²) in [5.74, 6) is -1.29. The second-order valence-electron chi connectivity index (χ2n) is 9.76. The van der Waals surface area contributed by atoms with Crippen LogP contribution in [0.1, 0.15) is 47.0 Å². The molecule has 0 aromatic rings. The standard InChI is InChI=1S/C21H29NO5/c1-8-9(2)17(25)16-15-11(18-12(23)5-6-20(15,4)27-18)7-13(24)21(16)14(8)10(3)22-19(21)26/h10-12,14-18,23,25H,5-7H2,1-4H3,(H,22,26)/t10-,11-,12+,14-,15-,16-,17+,18-,20-,21-/m0/s1. The Kier molecular flexibility index (Phi) is 3.45. The molecule has 3 heterocycles. The molecule has 0 aromatic heterocycles. The Balaban J connectivity index is 1.75. The maximum Gasteiger partial charge on any atom is 0.235 e. The lowest BCUT2D eigenvalue weighted by molar-refractivity contribution is -0.167. The lowest BCUT2D eigenvalue weighted by atomic mass is 9.45. The average molecular weight is 375 g/mol. The first-order valence-corrected chi connectivity index (χ1v) is 10.2. The number of ether oxygens (including phenoxy) is 1. The van der Waals surface area contributed by atoms with Crippen LogP contribution in [-0.2, 0) is 14.3 Å². The van der Waals surface area contributed by atoms with Crippen LogP contribution >= 0.6 is 0 Å². The highest BCUT2D eigenvalue weighted by atomic mass is 16.5. The molecule has 5 aliphatic rings. The molecule has 0 radical (unpaired) electrons. The van der Waals surface area contributed by atoms with Gasteiger partial charge in [0.25, 0.3) is 0 Å². The van der Waals surface area contributed by atoms with Gasteiger partial charge >= 0.3 is 0 Å². The van der Waals surface area contributed by atoms with E-state index in [1.807, 2.05) is 27.7 Å². The van der Waals surface area contributed by atoms with E-state index in [-0.39, 0.29) is 48.0 Å². The molecule has 4 fully saturated rings.